The quantitative estimate of drug-likeness (QED) is 0.110. The Bertz CT molecular complexity index is 2260. The van der Waals surface area contributed by atoms with Crippen LogP contribution in [0.5, 0.6) is 5.75 Å². The molecule has 6 heterocycles. The van der Waals surface area contributed by atoms with Crippen molar-refractivity contribution >= 4 is 40.1 Å². The molecule has 0 radical (unpaired) electrons. The van der Waals surface area contributed by atoms with Crippen molar-refractivity contribution in [3.8, 4) is 17.1 Å². The molecule has 0 bridgehead atoms. The molecule has 2 aromatic carbocycles. The van der Waals surface area contributed by atoms with Crippen LogP contribution in [0, 0.1) is 11.7 Å². The molecule has 3 atom stereocenters. The van der Waals surface area contributed by atoms with E-state index in [1.54, 1.807) is 18.5 Å². The minimum Gasteiger partial charge on any atom is -0.494 e. The van der Waals surface area contributed by atoms with Crippen LogP contribution in [0.3, 0.4) is 0 Å². The number of hydrogen-bond acceptors (Lipinski definition) is 11. The molecule has 14 nitrogen and oxygen atoms in total. The summed E-state index contributed by atoms with van der Waals surface area (Å²) in [7, 11) is 0. The first kappa shape index (κ1) is 42.2. The third kappa shape index (κ3) is 8.75. The van der Waals surface area contributed by atoms with Crippen LogP contribution in [-0.4, -0.2) is 117 Å². The van der Waals surface area contributed by atoms with E-state index in [-0.39, 0.29) is 43.4 Å². The number of ether oxygens (including phenoxy) is 2. The highest BCUT2D eigenvalue weighted by Gasteiger charge is 2.41. The lowest BCUT2D eigenvalue weighted by Crippen LogP contribution is -2.58. The zero-order valence-electron chi connectivity index (χ0n) is 36.3. The molecule has 15 heteroatoms. The van der Waals surface area contributed by atoms with E-state index in [0.29, 0.717) is 54.5 Å². The third-order valence-corrected chi connectivity index (χ3v) is 13.9. The highest BCUT2D eigenvalue weighted by molar-refractivity contribution is 6.05. The smallest absolute Gasteiger partial charge is 0.255 e. The molecule has 0 spiro atoms. The number of hydrogen-bond donors (Lipinski definition) is 2. The summed E-state index contributed by atoms with van der Waals surface area (Å²) in [4.78, 5) is 55.2. The monoisotopic (exact) mass is 849 g/mol. The van der Waals surface area contributed by atoms with Crippen molar-refractivity contribution in [1.29, 1.82) is 0 Å². The molecule has 62 heavy (non-hydrogen) atoms. The largest absolute Gasteiger partial charge is 0.494 e. The summed E-state index contributed by atoms with van der Waals surface area (Å²) in [6.07, 6.45) is 11.9. The standard InChI is InChI=1S/C47H60FN9O5/c1-4-5-6-21-61-34-11-13-38-36(22-34)45(53-52-38)39-23-42(50-28-49-39)55-24-29(2)56(30(3)25-55)26-31-7-9-32(10-8-31)62-33-17-19-54(20-18-33)40-14-12-35-37(44(40)48)27-57(47(35)60)41-15-16-43(58)51-46(41)59/h11-14,22-23,28-33,41H,4-10,15-21,24-27H2,1-3H3,(H,52,53)(H,51,58,59)/t29-,30+,31?,32?,41?. The second kappa shape index (κ2) is 18.3. The number of H-pyrrole nitrogens is 1. The van der Waals surface area contributed by atoms with Crippen LogP contribution in [0.4, 0.5) is 15.9 Å². The Hall–Kier alpha value is -5.15. The number of amides is 3. The van der Waals surface area contributed by atoms with Crippen molar-refractivity contribution in [3.05, 3.63) is 59.7 Å². The summed E-state index contributed by atoms with van der Waals surface area (Å²) in [5.74, 6) is 0.807. The number of benzene rings is 2. The normalized spacial score (nSPS) is 25.1. The molecule has 9 rings (SSSR count). The summed E-state index contributed by atoms with van der Waals surface area (Å²) in [5.41, 5.74) is 3.67. The van der Waals surface area contributed by atoms with Crippen LogP contribution in [-0.2, 0) is 20.9 Å². The van der Waals surface area contributed by atoms with Crippen LogP contribution in [0.1, 0.15) is 107 Å². The van der Waals surface area contributed by atoms with Crippen LogP contribution in [0.2, 0.25) is 0 Å². The van der Waals surface area contributed by atoms with Crippen molar-refractivity contribution in [3.63, 3.8) is 0 Å². The van der Waals surface area contributed by atoms with E-state index < -0.39 is 17.8 Å². The number of piperazine rings is 1. The number of fused-ring (bicyclic) bond motifs is 2. The molecule has 330 valence electrons. The predicted octanol–water partition coefficient (Wildman–Crippen LogP) is 6.63. The van der Waals surface area contributed by atoms with E-state index in [1.807, 2.05) is 12.1 Å². The van der Waals surface area contributed by atoms with Crippen molar-refractivity contribution in [2.45, 2.75) is 128 Å². The Morgan fingerprint density at radius 3 is 2.40 bits per heavy atom. The summed E-state index contributed by atoms with van der Waals surface area (Å²) in [6.45, 7) is 11.8. The van der Waals surface area contributed by atoms with Gasteiger partial charge >= 0.3 is 0 Å². The molecular weight excluding hydrogens is 790 g/mol. The van der Waals surface area contributed by atoms with E-state index in [2.05, 4.69) is 68.1 Å². The predicted molar refractivity (Wildman–Crippen MR) is 234 cm³/mol. The first-order valence-corrected chi connectivity index (χ1v) is 22.9. The van der Waals surface area contributed by atoms with Crippen LogP contribution >= 0.6 is 0 Å². The Balaban J connectivity index is 0.734. The highest BCUT2D eigenvalue weighted by Crippen LogP contribution is 2.37. The molecule has 1 saturated carbocycles. The second-order valence-electron chi connectivity index (χ2n) is 18.2. The number of rotatable bonds is 13. The van der Waals surface area contributed by atoms with Crippen LogP contribution in [0.25, 0.3) is 22.3 Å². The molecule has 3 amide bonds. The fourth-order valence-corrected chi connectivity index (χ4v) is 10.5. The SMILES string of the molecule is CCCCCOc1ccc2[nH]nc(-c3cc(N4C[C@@H](C)N(CC5CCC(OC6CCN(c7ccc8c(c7F)CN(C7CCC(=O)NC7=O)C8=O)CC6)CC5)[C@@H](C)C4)ncn3)c2c1. The number of imide groups is 1. The Labute approximate surface area is 362 Å². The van der Waals surface area contributed by atoms with Gasteiger partial charge in [-0.1, -0.05) is 19.8 Å². The van der Waals surface area contributed by atoms with Crippen LogP contribution in [0.15, 0.2) is 42.7 Å². The molecule has 4 aromatic rings. The number of carbonyl (C=O) groups excluding carboxylic acids is 3. The van der Waals surface area contributed by atoms with E-state index in [0.717, 1.165) is 111 Å². The third-order valence-electron chi connectivity index (χ3n) is 13.9. The minimum atomic E-state index is -0.765. The molecule has 5 aliphatic rings. The summed E-state index contributed by atoms with van der Waals surface area (Å²) in [5, 5.41) is 11.1. The van der Waals surface area contributed by atoms with Gasteiger partial charge in [0.1, 0.15) is 29.6 Å². The maximum absolute atomic E-state index is 16.0. The average molecular weight is 850 g/mol. The van der Waals surface area contributed by atoms with Gasteiger partial charge in [0.05, 0.1) is 42.3 Å². The van der Waals surface area contributed by atoms with Gasteiger partial charge in [-0.3, -0.25) is 29.7 Å². The lowest BCUT2D eigenvalue weighted by Gasteiger charge is -2.47. The van der Waals surface area contributed by atoms with Gasteiger partial charge in [0, 0.05) is 73.8 Å². The zero-order valence-corrected chi connectivity index (χ0v) is 36.3. The number of aromatic nitrogens is 4. The summed E-state index contributed by atoms with van der Waals surface area (Å²) >= 11 is 0. The number of anilines is 2. The van der Waals surface area contributed by atoms with E-state index in [1.165, 1.54) is 4.90 Å². The number of unbranched alkanes of at least 4 members (excludes halogenated alkanes) is 2. The van der Waals surface area contributed by atoms with Crippen molar-refractivity contribution < 1.29 is 28.2 Å². The first-order chi connectivity index (χ1) is 30.1. The van der Waals surface area contributed by atoms with Gasteiger partial charge in [-0.05, 0) is 101 Å². The second-order valence-corrected chi connectivity index (χ2v) is 18.2. The summed E-state index contributed by atoms with van der Waals surface area (Å²) < 4.78 is 28.7. The van der Waals surface area contributed by atoms with Gasteiger partial charge in [-0.15, -0.1) is 0 Å². The Kier molecular flexibility index (Phi) is 12.4. The number of carbonyl (C=O) groups is 3. The van der Waals surface area contributed by atoms with Crippen LogP contribution < -0.4 is 19.9 Å². The van der Waals surface area contributed by atoms with Crippen molar-refractivity contribution in [1.82, 2.24) is 35.3 Å². The minimum absolute atomic E-state index is 0.0302. The first-order valence-electron chi connectivity index (χ1n) is 22.9. The maximum Gasteiger partial charge on any atom is 0.255 e. The average Bonchev–Trinajstić information content (AvgIpc) is 3.85. The van der Waals surface area contributed by atoms with E-state index in [4.69, 9.17) is 14.5 Å². The van der Waals surface area contributed by atoms with Crippen molar-refractivity contribution in [2.75, 3.05) is 49.1 Å². The van der Waals surface area contributed by atoms with Crippen molar-refractivity contribution in [2.24, 2.45) is 5.92 Å². The fraction of sp³-hybridized carbons (Fsp3) is 0.574. The summed E-state index contributed by atoms with van der Waals surface area (Å²) in [6, 6.07) is 11.5. The van der Waals surface area contributed by atoms with Gasteiger partial charge in [0.15, 0.2) is 5.82 Å². The van der Waals surface area contributed by atoms with Gasteiger partial charge in [0.25, 0.3) is 5.91 Å². The number of nitrogens with zero attached hydrogens (tertiary/aromatic N) is 7. The van der Waals surface area contributed by atoms with Gasteiger partial charge in [-0.25, -0.2) is 14.4 Å². The molecular formula is C47H60FN9O5. The maximum atomic E-state index is 16.0. The number of nitrogens with one attached hydrogen (secondary N) is 2. The van der Waals surface area contributed by atoms with Gasteiger partial charge in [0.2, 0.25) is 11.8 Å². The lowest BCUT2D eigenvalue weighted by molar-refractivity contribution is -0.136. The van der Waals surface area contributed by atoms with Gasteiger partial charge in [-0.2, -0.15) is 5.10 Å². The number of halogens is 1. The lowest BCUT2D eigenvalue weighted by atomic mass is 9.86. The molecule has 3 saturated heterocycles. The van der Waals surface area contributed by atoms with E-state index in [9.17, 15) is 14.4 Å². The molecule has 4 fully saturated rings. The molecule has 2 N–H and O–H groups in total. The Morgan fingerprint density at radius 1 is 0.871 bits per heavy atom. The zero-order chi connectivity index (χ0) is 42.9. The highest BCUT2D eigenvalue weighted by atomic mass is 19.1. The Morgan fingerprint density at radius 2 is 1.65 bits per heavy atom. The molecule has 2 aromatic heterocycles. The topological polar surface area (TPSA) is 149 Å². The molecule has 4 aliphatic heterocycles. The number of aromatic amines is 1. The van der Waals surface area contributed by atoms with Gasteiger partial charge < -0.3 is 24.2 Å². The molecule has 1 unspecified atom stereocenters. The fourth-order valence-electron chi connectivity index (χ4n) is 10.5. The molecule has 1 aliphatic carbocycles. The number of piperidine rings is 2. The van der Waals surface area contributed by atoms with E-state index >= 15 is 4.39 Å².